The molecule has 0 amide bonds. The fourth-order valence-corrected chi connectivity index (χ4v) is 8.09. The van der Waals surface area contributed by atoms with Crippen molar-refractivity contribution >= 4 is 76.2 Å². The molecule has 0 bridgehead atoms. The van der Waals surface area contributed by atoms with E-state index in [2.05, 4.69) is 167 Å². The summed E-state index contributed by atoms with van der Waals surface area (Å²) < 4.78 is 4.70. The predicted octanol–water partition coefficient (Wildman–Crippen LogP) is 11.8. The Bertz CT molecular complexity index is 3060. The van der Waals surface area contributed by atoms with Crippen LogP contribution in [0, 0.1) is 0 Å². The van der Waals surface area contributed by atoms with Crippen LogP contribution in [0.3, 0.4) is 0 Å². The molecule has 0 N–H and O–H groups in total. The van der Waals surface area contributed by atoms with E-state index in [0.29, 0.717) is 0 Å². The molecule has 50 heavy (non-hydrogen) atoms. The Balaban J connectivity index is 1.29. The first-order valence-corrected chi connectivity index (χ1v) is 17.0. The van der Waals surface area contributed by atoms with Crippen LogP contribution in [0.4, 0.5) is 0 Å². The van der Waals surface area contributed by atoms with Crippen LogP contribution in [0.25, 0.3) is 99.0 Å². The molecule has 4 nitrogen and oxygen atoms in total. The first-order valence-electron chi connectivity index (χ1n) is 17.0. The van der Waals surface area contributed by atoms with Gasteiger partial charge in [-0.2, -0.15) is 0 Å². The summed E-state index contributed by atoms with van der Waals surface area (Å²) in [6, 6.07) is 60.6. The fraction of sp³-hybridized carbons (Fsp3) is 0. The van der Waals surface area contributed by atoms with Crippen LogP contribution < -0.4 is 0 Å². The van der Waals surface area contributed by atoms with Gasteiger partial charge in [0.1, 0.15) is 5.69 Å². The molecule has 232 valence electrons. The average molecular weight is 637 g/mol. The molecule has 0 aliphatic carbocycles. The number of fused-ring (bicyclic) bond motifs is 11. The molecule has 0 unspecified atom stereocenters. The highest BCUT2D eigenvalue weighted by molar-refractivity contribution is 6.28. The number of rotatable bonds is 3. The number of para-hydroxylation sites is 4. The zero-order valence-electron chi connectivity index (χ0n) is 27.0. The highest BCUT2D eigenvalue weighted by atomic mass is 15.1. The first kappa shape index (κ1) is 27.2. The van der Waals surface area contributed by atoms with Crippen molar-refractivity contribution in [3.05, 3.63) is 170 Å². The lowest BCUT2D eigenvalue weighted by Crippen LogP contribution is -2.04. The molecule has 8 aromatic carbocycles. The van der Waals surface area contributed by atoms with Crippen LogP contribution in [-0.4, -0.2) is 19.1 Å². The molecule has 3 aromatic heterocycles. The maximum absolute atomic E-state index is 5.45. The molecule has 0 saturated heterocycles. The Hall–Kier alpha value is -6.78. The van der Waals surface area contributed by atoms with Crippen molar-refractivity contribution in [2.75, 3.05) is 0 Å². The number of hydrogen-bond acceptors (Lipinski definition) is 2. The molecule has 0 aliphatic rings. The van der Waals surface area contributed by atoms with Gasteiger partial charge in [-0.15, -0.1) is 0 Å². The molecule has 3 heterocycles. The van der Waals surface area contributed by atoms with Crippen LogP contribution in [0.5, 0.6) is 0 Å². The van der Waals surface area contributed by atoms with Crippen molar-refractivity contribution in [3.63, 3.8) is 0 Å². The summed E-state index contributed by atoms with van der Waals surface area (Å²) in [6.07, 6.45) is 0. The predicted molar refractivity (Wildman–Crippen MR) is 209 cm³/mol. The van der Waals surface area contributed by atoms with Crippen molar-refractivity contribution < 1.29 is 0 Å². The topological polar surface area (TPSA) is 35.6 Å². The average Bonchev–Trinajstić information content (AvgIpc) is 3.71. The van der Waals surface area contributed by atoms with E-state index in [1.54, 1.807) is 0 Å². The van der Waals surface area contributed by atoms with Crippen LogP contribution in [0.2, 0.25) is 0 Å². The zero-order chi connectivity index (χ0) is 32.8. The maximum Gasteiger partial charge on any atom is 0.165 e. The van der Waals surface area contributed by atoms with Crippen molar-refractivity contribution in [2.45, 2.75) is 0 Å². The third-order valence-electron chi connectivity index (χ3n) is 10.3. The van der Waals surface area contributed by atoms with E-state index in [4.69, 9.17) is 9.97 Å². The number of benzene rings is 8. The summed E-state index contributed by atoms with van der Waals surface area (Å²) in [5.41, 5.74) is 9.25. The molecule has 0 radical (unpaired) electrons. The molecule has 0 saturated carbocycles. The Labute approximate surface area is 287 Å². The van der Waals surface area contributed by atoms with Crippen molar-refractivity contribution in [2.24, 2.45) is 0 Å². The van der Waals surface area contributed by atoms with E-state index < -0.39 is 0 Å². The van der Waals surface area contributed by atoms with Gasteiger partial charge in [0, 0.05) is 32.8 Å². The second kappa shape index (κ2) is 10.4. The van der Waals surface area contributed by atoms with Gasteiger partial charge >= 0.3 is 0 Å². The minimum atomic E-state index is 0.816. The third kappa shape index (κ3) is 3.81. The molecular weight excluding hydrogens is 609 g/mol. The molecule has 11 aromatic rings. The minimum Gasteiger partial charge on any atom is -0.309 e. The smallest absolute Gasteiger partial charge is 0.165 e. The Morgan fingerprint density at radius 2 is 0.920 bits per heavy atom. The van der Waals surface area contributed by atoms with E-state index in [1.165, 1.54) is 48.6 Å². The van der Waals surface area contributed by atoms with E-state index in [-0.39, 0.29) is 0 Å². The second-order valence-corrected chi connectivity index (χ2v) is 13.0. The van der Waals surface area contributed by atoms with Gasteiger partial charge in [-0.05, 0) is 70.1 Å². The fourth-order valence-electron chi connectivity index (χ4n) is 8.09. The SMILES string of the molecule is c1ccc(-n2c3ccccc3c3ccc(-c4nc5ccccc5nc4-n4c5ccc6ccccc6c5c5c6ccccc6ccc54)cc32)cc1. The Morgan fingerprint density at radius 3 is 1.62 bits per heavy atom. The van der Waals surface area contributed by atoms with E-state index in [9.17, 15) is 0 Å². The van der Waals surface area contributed by atoms with Gasteiger partial charge in [-0.25, -0.2) is 9.97 Å². The van der Waals surface area contributed by atoms with Gasteiger partial charge in [0.2, 0.25) is 0 Å². The van der Waals surface area contributed by atoms with Gasteiger partial charge in [0.15, 0.2) is 5.82 Å². The highest BCUT2D eigenvalue weighted by Crippen LogP contribution is 2.42. The van der Waals surface area contributed by atoms with Crippen molar-refractivity contribution in [1.82, 2.24) is 19.1 Å². The van der Waals surface area contributed by atoms with Gasteiger partial charge < -0.3 is 4.57 Å². The van der Waals surface area contributed by atoms with Crippen molar-refractivity contribution in [1.29, 1.82) is 0 Å². The zero-order valence-corrected chi connectivity index (χ0v) is 27.0. The molecule has 4 heteroatoms. The lowest BCUT2D eigenvalue weighted by molar-refractivity contribution is 1.08. The molecule has 11 rings (SSSR count). The summed E-state index contributed by atoms with van der Waals surface area (Å²) in [5, 5.41) is 9.79. The van der Waals surface area contributed by atoms with Gasteiger partial charge in [0.25, 0.3) is 0 Å². The van der Waals surface area contributed by atoms with Crippen LogP contribution in [0.1, 0.15) is 0 Å². The Kier molecular flexibility index (Phi) is 5.63. The molecule has 0 fully saturated rings. The van der Waals surface area contributed by atoms with Crippen LogP contribution >= 0.6 is 0 Å². The number of nitrogens with zero attached hydrogens (tertiary/aromatic N) is 4. The summed E-state index contributed by atoms with van der Waals surface area (Å²) in [7, 11) is 0. The van der Waals surface area contributed by atoms with E-state index in [0.717, 1.165) is 50.3 Å². The molecular formula is C46H28N4. The van der Waals surface area contributed by atoms with Gasteiger partial charge in [-0.1, -0.05) is 121 Å². The number of hydrogen-bond donors (Lipinski definition) is 0. The monoisotopic (exact) mass is 636 g/mol. The largest absolute Gasteiger partial charge is 0.309 e. The lowest BCUT2D eigenvalue weighted by Gasteiger charge is -2.15. The standard InChI is InChI=1S/C46H28N4/c1-2-14-32(15-3-1)49-39-21-11-8-18-35(39)36-25-22-31(28-42(36)49)45-46(48-38-20-10-9-19-37(38)47-45)50-40-26-23-29-12-4-6-16-33(29)43(40)44-34-17-7-5-13-30(34)24-27-41(44)50/h1-28H. The van der Waals surface area contributed by atoms with E-state index >= 15 is 0 Å². The quantitative estimate of drug-likeness (QED) is 0.193. The number of aromatic nitrogens is 4. The van der Waals surface area contributed by atoms with Crippen LogP contribution in [-0.2, 0) is 0 Å². The maximum atomic E-state index is 5.45. The van der Waals surface area contributed by atoms with E-state index in [1.807, 2.05) is 12.1 Å². The highest BCUT2D eigenvalue weighted by Gasteiger charge is 2.23. The summed E-state index contributed by atoms with van der Waals surface area (Å²) in [4.78, 5) is 10.9. The molecule has 0 atom stereocenters. The Morgan fingerprint density at radius 1 is 0.360 bits per heavy atom. The van der Waals surface area contributed by atoms with Crippen molar-refractivity contribution in [3.8, 4) is 22.8 Å². The minimum absolute atomic E-state index is 0.816. The van der Waals surface area contributed by atoms with Gasteiger partial charge in [-0.3, -0.25) is 4.57 Å². The lowest BCUT2D eigenvalue weighted by atomic mass is 10.00. The van der Waals surface area contributed by atoms with Crippen LogP contribution in [0.15, 0.2) is 170 Å². The third-order valence-corrected chi connectivity index (χ3v) is 10.3. The summed E-state index contributed by atoms with van der Waals surface area (Å²) in [5.74, 6) is 0.816. The summed E-state index contributed by atoms with van der Waals surface area (Å²) >= 11 is 0. The first-order chi connectivity index (χ1) is 24.8. The normalized spacial score (nSPS) is 12.0. The molecule has 0 spiro atoms. The van der Waals surface area contributed by atoms with Gasteiger partial charge in [0.05, 0.1) is 33.1 Å². The molecule has 0 aliphatic heterocycles. The summed E-state index contributed by atoms with van der Waals surface area (Å²) in [6.45, 7) is 0. The second-order valence-electron chi connectivity index (χ2n) is 13.0.